The molecule has 2 heterocycles. The van der Waals surface area contributed by atoms with E-state index in [0.29, 0.717) is 13.2 Å². The van der Waals surface area contributed by atoms with Crippen LogP contribution in [0.25, 0.3) is 0 Å². The summed E-state index contributed by atoms with van der Waals surface area (Å²) >= 11 is 0. The number of amides is 1. The van der Waals surface area contributed by atoms with Gasteiger partial charge in [0.2, 0.25) is 0 Å². The maximum absolute atomic E-state index is 11.1. The average molecular weight is 233 g/mol. The zero-order valence-corrected chi connectivity index (χ0v) is 9.72. The molecule has 3 rings (SSSR count). The first-order chi connectivity index (χ1) is 8.12. The van der Waals surface area contributed by atoms with Gasteiger partial charge in [0.25, 0.3) is 0 Å². The Bertz CT molecular complexity index is 473. The second-order valence-electron chi connectivity index (χ2n) is 4.90. The molecule has 90 valence electrons. The molecule has 17 heavy (non-hydrogen) atoms. The van der Waals surface area contributed by atoms with Crippen molar-refractivity contribution in [3.63, 3.8) is 0 Å². The largest absolute Gasteiger partial charge is 0.465 e. The third-order valence-electron chi connectivity index (χ3n) is 3.84. The predicted octanol–water partition coefficient (Wildman–Crippen LogP) is 2.18. The van der Waals surface area contributed by atoms with Gasteiger partial charge in [0, 0.05) is 12.5 Å². The van der Waals surface area contributed by atoms with Crippen LogP contribution in [-0.2, 0) is 16.9 Å². The average Bonchev–Trinajstić information content (AvgIpc) is 2.83. The number of hydrogen-bond acceptors (Lipinski definition) is 2. The maximum atomic E-state index is 11.1. The van der Waals surface area contributed by atoms with E-state index in [0.717, 1.165) is 12.0 Å². The van der Waals surface area contributed by atoms with Crippen molar-refractivity contribution in [3.05, 3.63) is 35.4 Å². The van der Waals surface area contributed by atoms with Crippen molar-refractivity contribution in [2.45, 2.75) is 31.6 Å². The molecule has 1 spiro atoms. The summed E-state index contributed by atoms with van der Waals surface area (Å²) < 4.78 is 5.92. The summed E-state index contributed by atoms with van der Waals surface area (Å²) in [5, 5.41) is 9.15. The first-order valence-corrected chi connectivity index (χ1v) is 5.84. The highest BCUT2D eigenvalue weighted by atomic mass is 16.5. The van der Waals surface area contributed by atoms with Crippen LogP contribution in [-0.4, -0.2) is 28.7 Å². The molecule has 1 aromatic carbocycles. The highest BCUT2D eigenvalue weighted by molar-refractivity contribution is 5.66. The molecular weight excluding hydrogens is 218 g/mol. The zero-order valence-electron chi connectivity index (χ0n) is 9.72. The standard InChI is InChI=1S/C13H15NO3/c1-9-6-13(8-14(9)12(15)16)11-5-3-2-4-10(11)7-17-13/h2-5,9H,6-8H2,1H3,(H,15,16)/t9-,13?/m0/s1. The van der Waals surface area contributed by atoms with Gasteiger partial charge in [-0.1, -0.05) is 24.3 Å². The third kappa shape index (κ3) is 1.44. The number of carboxylic acid groups (broad SMARTS) is 1. The maximum Gasteiger partial charge on any atom is 0.407 e. The quantitative estimate of drug-likeness (QED) is 0.747. The van der Waals surface area contributed by atoms with Crippen molar-refractivity contribution in [3.8, 4) is 0 Å². The Kier molecular flexibility index (Phi) is 2.16. The van der Waals surface area contributed by atoms with Gasteiger partial charge in [-0.2, -0.15) is 0 Å². The highest BCUT2D eigenvalue weighted by Crippen LogP contribution is 2.45. The van der Waals surface area contributed by atoms with Crippen LogP contribution < -0.4 is 0 Å². The Morgan fingerprint density at radius 3 is 3.00 bits per heavy atom. The summed E-state index contributed by atoms with van der Waals surface area (Å²) in [6.45, 7) is 2.98. The molecule has 1 fully saturated rings. The number of ether oxygens (including phenoxy) is 1. The van der Waals surface area contributed by atoms with Crippen molar-refractivity contribution in [1.29, 1.82) is 0 Å². The molecule has 1 unspecified atom stereocenters. The van der Waals surface area contributed by atoms with E-state index >= 15 is 0 Å². The highest BCUT2D eigenvalue weighted by Gasteiger charge is 2.49. The van der Waals surface area contributed by atoms with E-state index in [9.17, 15) is 4.79 Å². The number of likely N-dealkylation sites (tertiary alicyclic amines) is 1. The van der Waals surface area contributed by atoms with Gasteiger partial charge in [-0.25, -0.2) is 4.79 Å². The lowest BCUT2D eigenvalue weighted by Gasteiger charge is -2.23. The minimum Gasteiger partial charge on any atom is -0.465 e. The number of benzene rings is 1. The van der Waals surface area contributed by atoms with Crippen molar-refractivity contribution in [2.75, 3.05) is 6.54 Å². The molecule has 0 aliphatic carbocycles. The van der Waals surface area contributed by atoms with Crippen LogP contribution in [0.3, 0.4) is 0 Å². The molecule has 0 saturated carbocycles. The van der Waals surface area contributed by atoms with Gasteiger partial charge in [0.05, 0.1) is 13.2 Å². The molecule has 1 N–H and O–H groups in total. The topological polar surface area (TPSA) is 49.8 Å². The number of nitrogens with zero attached hydrogens (tertiary/aromatic N) is 1. The Labute approximate surface area is 99.8 Å². The van der Waals surface area contributed by atoms with Gasteiger partial charge < -0.3 is 14.7 Å². The van der Waals surface area contributed by atoms with Crippen molar-refractivity contribution < 1.29 is 14.6 Å². The normalized spacial score (nSPS) is 30.9. The van der Waals surface area contributed by atoms with Gasteiger partial charge in [0.15, 0.2) is 0 Å². The first kappa shape index (κ1) is 10.6. The van der Waals surface area contributed by atoms with Crippen LogP contribution in [0.2, 0.25) is 0 Å². The van der Waals surface area contributed by atoms with Gasteiger partial charge >= 0.3 is 6.09 Å². The van der Waals surface area contributed by atoms with Crippen LogP contribution in [0.4, 0.5) is 4.79 Å². The lowest BCUT2D eigenvalue weighted by atomic mass is 9.90. The Morgan fingerprint density at radius 2 is 2.29 bits per heavy atom. The van der Waals surface area contributed by atoms with Crippen molar-refractivity contribution in [2.24, 2.45) is 0 Å². The fraction of sp³-hybridized carbons (Fsp3) is 0.462. The van der Waals surface area contributed by atoms with Crippen LogP contribution in [0, 0.1) is 0 Å². The summed E-state index contributed by atoms with van der Waals surface area (Å²) in [5.74, 6) is 0. The summed E-state index contributed by atoms with van der Waals surface area (Å²) in [5.41, 5.74) is 1.94. The van der Waals surface area contributed by atoms with Gasteiger partial charge in [-0.3, -0.25) is 0 Å². The van der Waals surface area contributed by atoms with Crippen molar-refractivity contribution in [1.82, 2.24) is 4.90 Å². The lowest BCUT2D eigenvalue weighted by Crippen LogP contribution is -2.35. The second-order valence-corrected chi connectivity index (χ2v) is 4.90. The molecule has 0 aromatic heterocycles. The summed E-state index contributed by atoms with van der Waals surface area (Å²) in [6.07, 6.45) is -0.113. The molecule has 2 aliphatic heterocycles. The molecular formula is C13H15NO3. The minimum atomic E-state index is -0.859. The second kappa shape index (κ2) is 3.47. The minimum absolute atomic E-state index is 0.0126. The summed E-state index contributed by atoms with van der Waals surface area (Å²) in [4.78, 5) is 12.6. The molecule has 4 heteroatoms. The van der Waals surface area contributed by atoms with E-state index in [4.69, 9.17) is 9.84 Å². The first-order valence-electron chi connectivity index (χ1n) is 5.84. The molecule has 1 amide bonds. The van der Waals surface area contributed by atoms with E-state index < -0.39 is 11.7 Å². The fourth-order valence-corrected chi connectivity index (χ4v) is 3.02. The Hall–Kier alpha value is -1.55. The molecule has 1 saturated heterocycles. The van der Waals surface area contributed by atoms with E-state index in [1.807, 2.05) is 19.1 Å². The van der Waals surface area contributed by atoms with Crippen LogP contribution in [0.1, 0.15) is 24.5 Å². The number of fused-ring (bicyclic) bond motifs is 2. The predicted molar refractivity (Wildman–Crippen MR) is 61.7 cm³/mol. The molecule has 0 bridgehead atoms. The molecule has 1 aromatic rings. The van der Waals surface area contributed by atoms with Crippen LogP contribution in [0.15, 0.2) is 24.3 Å². The van der Waals surface area contributed by atoms with E-state index in [1.54, 1.807) is 0 Å². The SMILES string of the molecule is C[C@H]1CC2(CN1C(=O)O)OCc1ccccc12. The van der Waals surface area contributed by atoms with Crippen LogP contribution in [0.5, 0.6) is 0 Å². The molecule has 2 aliphatic rings. The molecule has 0 radical (unpaired) electrons. The Balaban J connectivity index is 1.98. The van der Waals surface area contributed by atoms with Gasteiger partial charge in [0.1, 0.15) is 5.60 Å². The van der Waals surface area contributed by atoms with E-state index in [1.165, 1.54) is 10.5 Å². The van der Waals surface area contributed by atoms with E-state index in [-0.39, 0.29) is 6.04 Å². The van der Waals surface area contributed by atoms with E-state index in [2.05, 4.69) is 12.1 Å². The molecule has 2 atom stereocenters. The molecule has 4 nitrogen and oxygen atoms in total. The Morgan fingerprint density at radius 1 is 1.53 bits per heavy atom. The fourth-order valence-electron chi connectivity index (χ4n) is 3.02. The zero-order chi connectivity index (χ0) is 12.0. The van der Waals surface area contributed by atoms with Gasteiger partial charge in [-0.05, 0) is 18.1 Å². The summed E-state index contributed by atoms with van der Waals surface area (Å²) in [7, 11) is 0. The number of hydrogen-bond donors (Lipinski definition) is 1. The lowest BCUT2D eigenvalue weighted by molar-refractivity contribution is -0.0287. The number of rotatable bonds is 0. The number of carbonyl (C=O) groups is 1. The summed E-state index contributed by atoms with van der Waals surface area (Å²) in [6, 6.07) is 8.11. The van der Waals surface area contributed by atoms with Crippen LogP contribution >= 0.6 is 0 Å². The monoisotopic (exact) mass is 233 g/mol. The van der Waals surface area contributed by atoms with Gasteiger partial charge in [-0.15, -0.1) is 0 Å². The third-order valence-corrected chi connectivity index (χ3v) is 3.84. The smallest absolute Gasteiger partial charge is 0.407 e. The van der Waals surface area contributed by atoms with Crippen molar-refractivity contribution >= 4 is 6.09 Å².